The third-order valence-electron chi connectivity index (χ3n) is 4.75. The molecule has 22 heavy (non-hydrogen) atoms. The minimum Gasteiger partial charge on any atom is -0.343 e. The zero-order valence-electron chi connectivity index (χ0n) is 12.8. The Morgan fingerprint density at radius 3 is 2.41 bits per heavy atom. The first-order valence-corrected chi connectivity index (χ1v) is 9.15. The van der Waals surface area contributed by atoms with E-state index in [1.165, 1.54) is 0 Å². The first kappa shape index (κ1) is 15.4. The molecule has 2 atom stereocenters. The van der Waals surface area contributed by atoms with Gasteiger partial charge >= 0.3 is 0 Å². The van der Waals surface area contributed by atoms with Crippen LogP contribution in [0, 0.1) is 0 Å². The number of amides is 2. The van der Waals surface area contributed by atoms with E-state index in [1.807, 2.05) is 34.9 Å². The zero-order valence-corrected chi connectivity index (χ0v) is 13.6. The van der Waals surface area contributed by atoms with Crippen LogP contribution in [0.1, 0.15) is 36.0 Å². The van der Waals surface area contributed by atoms with Gasteiger partial charge in [0.05, 0.1) is 6.54 Å². The van der Waals surface area contributed by atoms with Crippen molar-refractivity contribution in [3.63, 3.8) is 0 Å². The van der Waals surface area contributed by atoms with Gasteiger partial charge in [0.25, 0.3) is 5.91 Å². The lowest BCUT2D eigenvalue weighted by Crippen LogP contribution is -2.50. The number of fused-ring (bicyclic) bond motifs is 2. The molecule has 0 aliphatic carbocycles. The number of piperidine rings is 1. The molecule has 0 aromatic heterocycles. The summed E-state index contributed by atoms with van der Waals surface area (Å²) >= 11 is 1.91. The van der Waals surface area contributed by atoms with E-state index in [9.17, 15) is 9.59 Å². The maximum Gasteiger partial charge on any atom is 0.251 e. The van der Waals surface area contributed by atoms with Gasteiger partial charge < -0.3 is 10.2 Å². The van der Waals surface area contributed by atoms with Crippen LogP contribution in [-0.2, 0) is 4.79 Å². The second kappa shape index (κ2) is 6.73. The monoisotopic (exact) mass is 318 g/mol. The summed E-state index contributed by atoms with van der Waals surface area (Å²) in [5, 5.41) is 3.44. The molecule has 2 fully saturated rings. The van der Waals surface area contributed by atoms with Gasteiger partial charge in [-0.05, 0) is 44.1 Å². The van der Waals surface area contributed by atoms with E-state index >= 15 is 0 Å². The molecular weight excluding hydrogens is 296 g/mol. The second-order valence-corrected chi connectivity index (χ2v) is 7.20. The van der Waals surface area contributed by atoms with Gasteiger partial charge in [-0.15, -0.1) is 0 Å². The van der Waals surface area contributed by atoms with E-state index in [1.54, 1.807) is 12.1 Å². The Kier molecular flexibility index (Phi) is 4.71. The first-order valence-electron chi connectivity index (χ1n) is 7.86. The van der Waals surface area contributed by atoms with Crippen molar-refractivity contribution >= 4 is 23.6 Å². The fourth-order valence-corrected chi connectivity index (χ4v) is 4.49. The lowest BCUT2D eigenvalue weighted by molar-refractivity contribution is -0.134. The molecule has 2 amide bonds. The van der Waals surface area contributed by atoms with E-state index < -0.39 is 0 Å². The number of carbonyl (C=O) groups excluding carboxylic acids is 2. The maximum absolute atomic E-state index is 12.5. The molecule has 1 aromatic carbocycles. The Balaban J connectivity index is 1.56. The normalized spacial score (nSPS) is 26.8. The smallest absolute Gasteiger partial charge is 0.251 e. The Hall–Kier alpha value is -1.49. The number of hydrogen-bond acceptors (Lipinski definition) is 3. The molecule has 5 heteroatoms. The summed E-state index contributed by atoms with van der Waals surface area (Å²) in [6, 6.07) is 9.78. The van der Waals surface area contributed by atoms with Crippen molar-refractivity contribution in [1.29, 1.82) is 0 Å². The van der Waals surface area contributed by atoms with Crippen LogP contribution in [-0.4, -0.2) is 46.8 Å². The Morgan fingerprint density at radius 1 is 1.18 bits per heavy atom. The lowest BCUT2D eigenvalue weighted by Gasteiger charge is -2.38. The van der Waals surface area contributed by atoms with Crippen molar-refractivity contribution in [2.45, 2.75) is 43.0 Å². The number of benzene rings is 1. The lowest BCUT2D eigenvalue weighted by atomic mass is 10.0. The van der Waals surface area contributed by atoms with Gasteiger partial charge in [-0.1, -0.05) is 18.2 Å². The summed E-state index contributed by atoms with van der Waals surface area (Å²) in [5.41, 5.74) is 0.597. The molecule has 0 radical (unpaired) electrons. The number of hydrogen-bond donors (Lipinski definition) is 1. The second-order valence-electron chi connectivity index (χ2n) is 6.06. The number of nitrogens with zero attached hydrogens (tertiary/aromatic N) is 1. The predicted molar refractivity (Wildman–Crippen MR) is 89.0 cm³/mol. The molecule has 2 heterocycles. The summed E-state index contributed by atoms with van der Waals surface area (Å²) in [4.78, 5) is 26.6. The highest BCUT2D eigenvalue weighted by atomic mass is 32.2. The van der Waals surface area contributed by atoms with Crippen molar-refractivity contribution in [2.75, 3.05) is 12.8 Å². The predicted octanol–water partition coefficient (Wildman–Crippen LogP) is 2.30. The minimum absolute atomic E-state index is 0.0661. The number of thioether (sulfide) groups is 1. The Labute approximate surface area is 135 Å². The SMILES string of the molecule is CSC1CC2CCC(C1)N2C(=O)CNC(=O)c1ccccc1. The van der Waals surface area contributed by atoms with Crippen LogP contribution in [0.5, 0.6) is 0 Å². The van der Waals surface area contributed by atoms with Crippen molar-refractivity contribution in [1.82, 2.24) is 10.2 Å². The Morgan fingerprint density at radius 2 is 1.82 bits per heavy atom. The number of rotatable bonds is 4. The number of carbonyl (C=O) groups is 2. The van der Waals surface area contributed by atoms with Crippen molar-refractivity contribution in [2.24, 2.45) is 0 Å². The number of nitrogens with one attached hydrogen (secondary N) is 1. The molecule has 0 saturated carbocycles. The van der Waals surface area contributed by atoms with E-state index in [4.69, 9.17) is 0 Å². The molecule has 0 spiro atoms. The van der Waals surface area contributed by atoms with Crippen LogP contribution in [0.2, 0.25) is 0 Å². The van der Waals surface area contributed by atoms with Crippen LogP contribution < -0.4 is 5.32 Å². The van der Waals surface area contributed by atoms with Gasteiger partial charge in [0.2, 0.25) is 5.91 Å². The topological polar surface area (TPSA) is 49.4 Å². The zero-order chi connectivity index (χ0) is 15.5. The molecule has 1 aromatic rings. The van der Waals surface area contributed by atoms with Crippen LogP contribution in [0.3, 0.4) is 0 Å². The molecule has 1 N–H and O–H groups in total. The molecule has 2 unspecified atom stereocenters. The van der Waals surface area contributed by atoms with Gasteiger partial charge in [-0.2, -0.15) is 11.8 Å². The molecule has 4 nitrogen and oxygen atoms in total. The first-order chi connectivity index (χ1) is 10.7. The highest BCUT2D eigenvalue weighted by Gasteiger charge is 2.42. The van der Waals surface area contributed by atoms with Gasteiger partial charge in [-0.3, -0.25) is 9.59 Å². The van der Waals surface area contributed by atoms with E-state index in [-0.39, 0.29) is 18.4 Å². The highest BCUT2D eigenvalue weighted by Crippen LogP contribution is 2.39. The Bertz CT molecular complexity index is 535. The van der Waals surface area contributed by atoms with E-state index in [0.717, 1.165) is 25.7 Å². The molecule has 2 aliphatic rings. The van der Waals surface area contributed by atoms with Gasteiger partial charge in [-0.25, -0.2) is 0 Å². The summed E-state index contributed by atoms with van der Waals surface area (Å²) in [6.07, 6.45) is 6.56. The summed E-state index contributed by atoms with van der Waals surface area (Å²) < 4.78 is 0. The fraction of sp³-hybridized carbons (Fsp3) is 0.529. The standard InChI is InChI=1S/C17H22N2O2S/c1-22-15-9-13-7-8-14(10-15)19(13)16(20)11-18-17(21)12-5-3-2-4-6-12/h2-6,13-15H,7-11H2,1H3,(H,18,21). The quantitative estimate of drug-likeness (QED) is 0.927. The van der Waals surface area contributed by atoms with Crippen molar-refractivity contribution < 1.29 is 9.59 Å². The summed E-state index contributed by atoms with van der Waals surface area (Å²) in [6.45, 7) is 0.102. The third-order valence-corrected chi connectivity index (χ3v) is 5.80. The fourth-order valence-electron chi connectivity index (χ4n) is 3.67. The summed E-state index contributed by atoms with van der Waals surface area (Å²) in [5.74, 6) is -0.114. The summed E-state index contributed by atoms with van der Waals surface area (Å²) in [7, 11) is 0. The van der Waals surface area contributed by atoms with Crippen LogP contribution >= 0.6 is 11.8 Å². The molecule has 2 bridgehead atoms. The van der Waals surface area contributed by atoms with E-state index in [2.05, 4.69) is 11.6 Å². The van der Waals surface area contributed by atoms with Crippen LogP contribution in [0.4, 0.5) is 0 Å². The van der Waals surface area contributed by atoms with E-state index in [0.29, 0.717) is 22.9 Å². The van der Waals surface area contributed by atoms with Gasteiger partial charge in [0, 0.05) is 22.9 Å². The molecular formula is C17H22N2O2S. The van der Waals surface area contributed by atoms with Gasteiger partial charge in [0.15, 0.2) is 0 Å². The van der Waals surface area contributed by atoms with Crippen molar-refractivity contribution in [3.05, 3.63) is 35.9 Å². The van der Waals surface area contributed by atoms with Crippen LogP contribution in [0.15, 0.2) is 30.3 Å². The average Bonchev–Trinajstić information content (AvgIpc) is 2.83. The van der Waals surface area contributed by atoms with Crippen LogP contribution in [0.25, 0.3) is 0 Å². The van der Waals surface area contributed by atoms with Gasteiger partial charge in [0.1, 0.15) is 0 Å². The largest absolute Gasteiger partial charge is 0.343 e. The maximum atomic E-state index is 12.5. The molecule has 2 saturated heterocycles. The molecule has 3 rings (SSSR count). The molecule has 2 aliphatic heterocycles. The third kappa shape index (κ3) is 3.14. The minimum atomic E-state index is -0.180. The highest BCUT2D eigenvalue weighted by molar-refractivity contribution is 7.99. The average molecular weight is 318 g/mol. The van der Waals surface area contributed by atoms with Crippen molar-refractivity contribution in [3.8, 4) is 0 Å². The molecule has 118 valence electrons.